The standard InChI is InChI=1S/C18H26N2O3S/c1-2-20(16-9-12-24(22,23)13-16)17(21)19-14-18(10-6-11-18)15-7-4-3-5-8-15/h3-5,7-8,16H,2,6,9-14H2,1H3,(H,19,21). The van der Waals surface area contributed by atoms with Crippen molar-refractivity contribution in [1.29, 1.82) is 0 Å². The number of nitrogens with zero attached hydrogens (tertiary/aromatic N) is 1. The predicted octanol–water partition coefficient (Wildman–Crippen LogP) is 2.33. The van der Waals surface area contributed by atoms with Crippen LogP contribution < -0.4 is 5.32 Å². The molecule has 0 bridgehead atoms. The molecule has 1 saturated heterocycles. The third-order valence-electron chi connectivity index (χ3n) is 5.53. The summed E-state index contributed by atoms with van der Waals surface area (Å²) in [5, 5.41) is 3.07. The molecular weight excluding hydrogens is 324 g/mol. The first-order chi connectivity index (χ1) is 11.5. The SMILES string of the molecule is CCN(C(=O)NCC1(c2ccccc2)CCC1)C1CCS(=O)(=O)C1. The van der Waals surface area contributed by atoms with Crippen LogP contribution in [-0.4, -0.2) is 50.0 Å². The average Bonchev–Trinajstić information content (AvgIpc) is 2.88. The van der Waals surface area contributed by atoms with E-state index in [0.29, 0.717) is 19.5 Å². The summed E-state index contributed by atoms with van der Waals surface area (Å²) in [6.07, 6.45) is 3.90. The van der Waals surface area contributed by atoms with E-state index in [1.54, 1.807) is 4.90 Å². The molecule has 2 aliphatic rings. The topological polar surface area (TPSA) is 66.5 Å². The van der Waals surface area contributed by atoms with Gasteiger partial charge in [0.2, 0.25) is 0 Å². The van der Waals surface area contributed by atoms with Crippen molar-refractivity contribution in [3.8, 4) is 0 Å². The highest BCUT2D eigenvalue weighted by Crippen LogP contribution is 2.43. The van der Waals surface area contributed by atoms with Crippen LogP contribution in [0.25, 0.3) is 0 Å². The van der Waals surface area contributed by atoms with Gasteiger partial charge >= 0.3 is 6.03 Å². The van der Waals surface area contributed by atoms with E-state index in [9.17, 15) is 13.2 Å². The zero-order valence-electron chi connectivity index (χ0n) is 14.2. The van der Waals surface area contributed by atoms with Crippen LogP contribution in [0.15, 0.2) is 30.3 Å². The first-order valence-electron chi connectivity index (χ1n) is 8.76. The number of carbonyl (C=O) groups is 1. The third kappa shape index (κ3) is 3.43. The van der Waals surface area contributed by atoms with E-state index in [0.717, 1.165) is 12.8 Å². The monoisotopic (exact) mass is 350 g/mol. The smallest absolute Gasteiger partial charge is 0.317 e. The van der Waals surface area contributed by atoms with Gasteiger partial charge in [-0.3, -0.25) is 0 Å². The molecule has 3 rings (SSSR count). The van der Waals surface area contributed by atoms with Crippen LogP contribution in [0, 0.1) is 0 Å². The fraction of sp³-hybridized carbons (Fsp3) is 0.611. The number of benzene rings is 1. The van der Waals surface area contributed by atoms with E-state index >= 15 is 0 Å². The Morgan fingerprint density at radius 2 is 2.00 bits per heavy atom. The first-order valence-corrected chi connectivity index (χ1v) is 10.6. The maximum Gasteiger partial charge on any atom is 0.317 e. The van der Waals surface area contributed by atoms with Crippen molar-refractivity contribution >= 4 is 15.9 Å². The molecule has 1 heterocycles. The van der Waals surface area contributed by atoms with Crippen LogP contribution in [0.1, 0.15) is 38.2 Å². The Morgan fingerprint density at radius 3 is 2.50 bits per heavy atom. The van der Waals surface area contributed by atoms with Gasteiger partial charge in [0.05, 0.1) is 11.5 Å². The van der Waals surface area contributed by atoms with Crippen molar-refractivity contribution in [3.63, 3.8) is 0 Å². The predicted molar refractivity (Wildman–Crippen MR) is 94.8 cm³/mol. The Morgan fingerprint density at radius 1 is 1.29 bits per heavy atom. The molecule has 0 aromatic heterocycles. The molecule has 1 aromatic carbocycles. The van der Waals surface area contributed by atoms with Crippen molar-refractivity contribution < 1.29 is 13.2 Å². The second-order valence-corrected chi connectivity index (χ2v) is 9.23. The van der Waals surface area contributed by atoms with E-state index in [1.165, 1.54) is 12.0 Å². The van der Waals surface area contributed by atoms with Crippen LogP contribution in [0.2, 0.25) is 0 Å². The quantitative estimate of drug-likeness (QED) is 0.886. The first kappa shape index (κ1) is 17.3. The fourth-order valence-electron chi connectivity index (χ4n) is 3.90. The molecular formula is C18H26N2O3S. The minimum absolute atomic E-state index is 0.0398. The van der Waals surface area contributed by atoms with Gasteiger partial charge in [0.15, 0.2) is 9.84 Å². The lowest BCUT2D eigenvalue weighted by molar-refractivity contribution is 0.172. The summed E-state index contributed by atoms with van der Waals surface area (Å²) in [7, 11) is -2.99. The van der Waals surface area contributed by atoms with E-state index in [1.807, 2.05) is 25.1 Å². The van der Waals surface area contributed by atoms with Gasteiger partial charge in [-0.25, -0.2) is 13.2 Å². The Balaban J connectivity index is 1.64. The molecule has 1 unspecified atom stereocenters. The Bertz CT molecular complexity index is 683. The fourth-order valence-corrected chi connectivity index (χ4v) is 5.63. The van der Waals surface area contributed by atoms with E-state index < -0.39 is 9.84 Å². The number of rotatable bonds is 5. The molecule has 1 aliphatic carbocycles. The van der Waals surface area contributed by atoms with Gasteiger partial charge in [-0.15, -0.1) is 0 Å². The number of hydrogen-bond donors (Lipinski definition) is 1. The minimum Gasteiger partial charge on any atom is -0.337 e. The van der Waals surface area contributed by atoms with E-state index in [-0.39, 0.29) is 29.0 Å². The highest BCUT2D eigenvalue weighted by Gasteiger charge is 2.40. The summed E-state index contributed by atoms with van der Waals surface area (Å²) >= 11 is 0. The van der Waals surface area contributed by atoms with Gasteiger partial charge in [0, 0.05) is 24.5 Å². The molecule has 1 saturated carbocycles. The molecule has 0 spiro atoms. The molecule has 2 fully saturated rings. The van der Waals surface area contributed by atoms with Crippen molar-refractivity contribution in [2.45, 2.75) is 44.1 Å². The number of amides is 2. The molecule has 2 amide bonds. The van der Waals surface area contributed by atoms with Crippen molar-refractivity contribution in [1.82, 2.24) is 10.2 Å². The van der Waals surface area contributed by atoms with Crippen molar-refractivity contribution in [2.75, 3.05) is 24.6 Å². The number of nitrogens with one attached hydrogen (secondary N) is 1. The number of carbonyl (C=O) groups excluding carboxylic acids is 1. The third-order valence-corrected chi connectivity index (χ3v) is 7.28. The number of urea groups is 1. The molecule has 24 heavy (non-hydrogen) atoms. The molecule has 1 atom stereocenters. The zero-order valence-corrected chi connectivity index (χ0v) is 15.0. The molecule has 5 nitrogen and oxygen atoms in total. The van der Waals surface area contributed by atoms with Crippen LogP contribution in [0.5, 0.6) is 0 Å². The highest BCUT2D eigenvalue weighted by atomic mass is 32.2. The van der Waals surface area contributed by atoms with E-state index in [4.69, 9.17) is 0 Å². The average molecular weight is 350 g/mol. The van der Waals surface area contributed by atoms with Crippen molar-refractivity contribution in [3.05, 3.63) is 35.9 Å². The largest absolute Gasteiger partial charge is 0.337 e. The lowest BCUT2D eigenvalue weighted by Gasteiger charge is -2.43. The zero-order chi connectivity index (χ0) is 17.2. The van der Waals surface area contributed by atoms with Gasteiger partial charge in [0.1, 0.15) is 0 Å². The molecule has 1 N–H and O–H groups in total. The van der Waals surface area contributed by atoms with Crippen LogP contribution in [0.3, 0.4) is 0 Å². The second-order valence-electron chi connectivity index (χ2n) is 7.00. The van der Waals surface area contributed by atoms with Gasteiger partial charge < -0.3 is 10.2 Å². The molecule has 6 heteroatoms. The van der Waals surface area contributed by atoms with Gasteiger partial charge in [-0.1, -0.05) is 36.8 Å². The van der Waals surface area contributed by atoms with E-state index in [2.05, 4.69) is 17.4 Å². The van der Waals surface area contributed by atoms with Gasteiger partial charge in [0.25, 0.3) is 0 Å². The van der Waals surface area contributed by atoms with Crippen LogP contribution >= 0.6 is 0 Å². The Kier molecular flexibility index (Phi) is 4.85. The Hall–Kier alpha value is -1.56. The van der Waals surface area contributed by atoms with Crippen LogP contribution in [-0.2, 0) is 15.3 Å². The Labute approximate surface area is 144 Å². The highest BCUT2D eigenvalue weighted by molar-refractivity contribution is 7.91. The van der Waals surface area contributed by atoms with Crippen LogP contribution in [0.4, 0.5) is 4.79 Å². The maximum absolute atomic E-state index is 12.6. The van der Waals surface area contributed by atoms with Gasteiger partial charge in [-0.2, -0.15) is 0 Å². The number of hydrogen-bond acceptors (Lipinski definition) is 3. The summed E-state index contributed by atoms with van der Waals surface area (Å²) in [5.74, 6) is 0.285. The minimum atomic E-state index is -2.99. The summed E-state index contributed by atoms with van der Waals surface area (Å²) in [6, 6.07) is 10.0. The summed E-state index contributed by atoms with van der Waals surface area (Å²) in [5.41, 5.74) is 1.32. The lowest BCUT2D eigenvalue weighted by atomic mass is 9.64. The molecule has 1 aliphatic heterocycles. The maximum atomic E-state index is 12.6. The summed E-state index contributed by atoms with van der Waals surface area (Å²) in [4.78, 5) is 14.3. The molecule has 132 valence electrons. The van der Waals surface area contributed by atoms with Gasteiger partial charge in [-0.05, 0) is 31.7 Å². The summed E-state index contributed by atoms with van der Waals surface area (Å²) < 4.78 is 23.4. The second kappa shape index (κ2) is 6.75. The normalized spacial score (nSPS) is 24.1. The number of sulfone groups is 1. The molecule has 1 aromatic rings. The lowest BCUT2D eigenvalue weighted by Crippen LogP contribution is -2.52. The summed E-state index contributed by atoms with van der Waals surface area (Å²) in [6.45, 7) is 3.05. The molecule has 0 radical (unpaired) electrons. The van der Waals surface area contributed by atoms with Crippen molar-refractivity contribution in [2.24, 2.45) is 0 Å².